The van der Waals surface area contributed by atoms with E-state index in [9.17, 15) is 13.2 Å². The molecule has 2 heterocycles. The van der Waals surface area contributed by atoms with Gasteiger partial charge in [0, 0.05) is 6.04 Å². The van der Waals surface area contributed by atoms with Crippen LogP contribution in [0.15, 0.2) is 0 Å². The maximum atomic E-state index is 12.2. The summed E-state index contributed by atoms with van der Waals surface area (Å²) in [6.45, 7) is 1.27. The zero-order valence-corrected chi connectivity index (χ0v) is 9.07. The number of hydrogen-bond acceptors (Lipinski definition) is 5. The number of halogens is 3. The highest BCUT2D eigenvalue weighted by Crippen LogP contribution is 2.33. The van der Waals surface area contributed by atoms with Gasteiger partial charge in [-0.25, -0.2) is 0 Å². The highest BCUT2D eigenvalue weighted by molar-refractivity contribution is 7.13. The van der Waals surface area contributed by atoms with Crippen LogP contribution in [0, 0.1) is 0 Å². The van der Waals surface area contributed by atoms with Crippen LogP contribution < -0.4 is 10.1 Å². The van der Waals surface area contributed by atoms with Crippen LogP contribution in [-0.2, 0) is 6.18 Å². The minimum Gasteiger partial charge on any atom is -0.467 e. The topological polar surface area (TPSA) is 47.0 Å². The number of hydrogen-bond donors (Lipinski definition) is 1. The van der Waals surface area contributed by atoms with E-state index in [1.54, 1.807) is 0 Å². The third-order valence-electron chi connectivity index (χ3n) is 2.22. The zero-order chi connectivity index (χ0) is 11.6. The Morgan fingerprint density at radius 1 is 1.44 bits per heavy atom. The Balaban J connectivity index is 1.87. The fourth-order valence-electron chi connectivity index (χ4n) is 1.45. The summed E-state index contributed by atoms with van der Waals surface area (Å²) in [5, 5.41) is 8.55. The molecule has 16 heavy (non-hydrogen) atoms. The second kappa shape index (κ2) is 4.54. The van der Waals surface area contributed by atoms with Crippen molar-refractivity contribution < 1.29 is 17.9 Å². The Morgan fingerprint density at radius 2 is 2.25 bits per heavy atom. The lowest BCUT2D eigenvalue weighted by atomic mass is 10.2. The smallest absolute Gasteiger partial charge is 0.445 e. The Morgan fingerprint density at radius 3 is 2.81 bits per heavy atom. The third kappa shape index (κ3) is 2.82. The third-order valence-corrected chi connectivity index (χ3v) is 3.10. The van der Waals surface area contributed by atoms with Gasteiger partial charge in [-0.15, -0.1) is 5.10 Å². The first-order valence-corrected chi connectivity index (χ1v) is 5.64. The molecule has 0 radical (unpaired) electrons. The normalized spacial score (nSPS) is 21.3. The van der Waals surface area contributed by atoms with Crippen LogP contribution in [0.25, 0.3) is 0 Å². The molecule has 1 N–H and O–H groups in total. The van der Waals surface area contributed by atoms with Crippen LogP contribution in [0.3, 0.4) is 0 Å². The molecule has 1 saturated heterocycles. The fourth-order valence-corrected chi connectivity index (χ4v) is 2.02. The number of rotatable bonds is 3. The summed E-state index contributed by atoms with van der Waals surface area (Å²) in [5.74, 6) is 0. The summed E-state index contributed by atoms with van der Waals surface area (Å²) in [5.41, 5.74) is 0. The van der Waals surface area contributed by atoms with Gasteiger partial charge in [-0.2, -0.15) is 13.2 Å². The molecule has 1 unspecified atom stereocenters. The molecule has 0 saturated carbocycles. The van der Waals surface area contributed by atoms with Crippen LogP contribution >= 0.6 is 11.3 Å². The van der Waals surface area contributed by atoms with E-state index < -0.39 is 11.2 Å². The molecule has 0 aliphatic carbocycles. The molecule has 1 atom stereocenters. The second-order valence-corrected chi connectivity index (χ2v) is 4.42. The van der Waals surface area contributed by atoms with Gasteiger partial charge in [0.05, 0.1) is 0 Å². The molecule has 1 fully saturated rings. The quantitative estimate of drug-likeness (QED) is 0.890. The Kier molecular flexibility index (Phi) is 3.29. The van der Waals surface area contributed by atoms with Gasteiger partial charge in [-0.1, -0.05) is 16.4 Å². The molecule has 0 aromatic carbocycles. The van der Waals surface area contributed by atoms with E-state index >= 15 is 0 Å². The molecule has 1 aliphatic rings. The lowest BCUT2D eigenvalue weighted by Gasteiger charge is -2.08. The van der Waals surface area contributed by atoms with Crippen molar-refractivity contribution in [3.8, 4) is 5.19 Å². The van der Waals surface area contributed by atoms with Crippen LogP contribution in [-0.4, -0.2) is 29.4 Å². The average molecular weight is 253 g/mol. The van der Waals surface area contributed by atoms with Crippen LogP contribution in [0.1, 0.15) is 17.8 Å². The second-order valence-electron chi connectivity index (χ2n) is 3.48. The predicted molar refractivity (Wildman–Crippen MR) is 51.4 cm³/mol. The summed E-state index contributed by atoms with van der Waals surface area (Å²) in [6.07, 6.45) is -2.40. The van der Waals surface area contributed by atoms with E-state index in [1.807, 2.05) is 0 Å². The molecule has 0 amide bonds. The Hall–Kier alpha value is -0.890. The van der Waals surface area contributed by atoms with Gasteiger partial charge >= 0.3 is 6.18 Å². The van der Waals surface area contributed by atoms with Gasteiger partial charge in [-0.05, 0) is 19.4 Å². The van der Waals surface area contributed by atoms with Crippen molar-refractivity contribution in [1.29, 1.82) is 0 Å². The summed E-state index contributed by atoms with van der Waals surface area (Å²) in [7, 11) is 0. The van der Waals surface area contributed by atoms with E-state index in [0.29, 0.717) is 17.9 Å². The van der Waals surface area contributed by atoms with Gasteiger partial charge in [-0.3, -0.25) is 0 Å². The first kappa shape index (κ1) is 11.6. The highest BCUT2D eigenvalue weighted by Gasteiger charge is 2.36. The van der Waals surface area contributed by atoms with Gasteiger partial charge < -0.3 is 10.1 Å². The Bertz CT molecular complexity index is 349. The molecule has 1 aromatic heterocycles. The van der Waals surface area contributed by atoms with Crippen LogP contribution in [0.5, 0.6) is 5.19 Å². The van der Waals surface area contributed by atoms with E-state index in [0.717, 1.165) is 19.4 Å². The van der Waals surface area contributed by atoms with Gasteiger partial charge in [0.15, 0.2) is 0 Å². The maximum absolute atomic E-state index is 12.2. The standard InChI is InChI=1S/C8H10F3N3OS/c9-8(10,11)6-13-14-7(16-6)15-4-5-2-1-3-12-5/h5,12H,1-4H2. The van der Waals surface area contributed by atoms with Crippen molar-refractivity contribution in [3.63, 3.8) is 0 Å². The number of nitrogens with zero attached hydrogens (tertiary/aromatic N) is 2. The number of nitrogens with one attached hydrogen (secondary N) is 1. The molecule has 0 bridgehead atoms. The largest absolute Gasteiger partial charge is 0.467 e. The summed E-state index contributed by atoms with van der Waals surface area (Å²) in [6, 6.07) is 0.207. The number of aromatic nitrogens is 2. The first-order valence-electron chi connectivity index (χ1n) is 4.82. The molecule has 8 heteroatoms. The average Bonchev–Trinajstić information content (AvgIpc) is 2.85. The highest BCUT2D eigenvalue weighted by atomic mass is 32.1. The van der Waals surface area contributed by atoms with Crippen LogP contribution in [0.4, 0.5) is 13.2 Å². The lowest BCUT2D eigenvalue weighted by Crippen LogP contribution is -2.28. The van der Waals surface area contributed by atoms with Crippen molar-refractivity contribution in [2.24, 2.45) is 0 Å². The molecular weight excluding hydrogens is 243 g/mol. The SMILES string of the molecule is FC(F)(F)c1nnc(OCC2CCCN2)s1. The minimum atomic E-state index is -4.44. The van der Waals surface area contributed by atoms with E-state index in [1.165, 1.54) is 0 Å². The minimum absolute atomic E-state index is 0.0268. The van der Waals surface area contributed by atoms with Crippen LogP contribution in [0.2, 0.25) is 0 Å². The molecule has 1 aliphatic heterocycles. The van der Waals surface area contributed by atoms with Gasteiger partial charge in [0.25, 0.3) is 5.19 Å². The van der Waals surface area contributed by atoms with Crippen molar-refractivity contribution in [3.05, 3.63) is 5.01 Å². The van der Waals surface area contributed by atoms with E-state index in [2.05, 4.69) is 15.5 Å². The predicted octanol–water partition coefficient (Wildman–Crippen LogP) is 1.69. The molecular formula is C8H10F3N3OS. The van der Waals surface area contributed by atoms with Crippen molar-refractivity contribution >= 4 is 11.3 Å². The van der Waals surface area contributed by atoms with Crippen molar-refractivity contribution in [2.75, 3.05) is 13.2 Å². The summed E-state index contributed by atoms with van der Waals surface area (Å²) in [4.78, 5) is 0. The lowest BCUT2D eigenvalue weighted by molar-refractivity contribution is -0.138. The van der Waals surface area contributed by atoms with Crippen molar-refractivity contribution in [2.45, 2.75) is 25.1 Å². The summed E-state index contributed by atoms with van der Waals surface area (Å²) < 4.78 is 41.7. The molecule has 90 valence electrons. The zero-order valence-electron chi connectivity index (χ0n) is 8.25. The van der Waals surface area contributed by atoms with E-state index in [-0.39, 0.29) is 11.2 Å². The van der Waals surface area contributed by atoms with Crippen molar-refractivity contribution in [1.82, 2.24) is 15.5 Å². The molecule has 2 rings (SSSR count). The first-order chi connectivity index (χ1) is 7.55. The molecule has 1 aromatic rings. The van der Waals surface area contributed by atoms with Gasteiger partial charge in [0.1, 0.15) is 6.61 Å². The van der Waals surface area contributed by atoms with Gasteiger partial charge in [0.2, 0.25) is 5.01 Å². The molecule has 4 nitrogen and oxygen atoms in total. The number of alkyl halides is 3. The number of ether oxygens (including phenoxy) is 1. The monoisotopic (exact) mass is 253 g/mol. The fraction of sp³-hybridized carbons (Fsp3) is 0.750. The van der Waals surface area contributed by atoms with E-state index in [4.69, 9.17) is 4.74 Å². The molecule has 0 spiro atoms. The Labute approximate surface area is 93.8 Å². The summed E-state index contributed by atoms with van der Waals surface area (Å²) >= 11 is 0.426. The maximum Gasteiger partial charge on any atom is 0.445 e.